The molecule has 3 nitrogen and oxygen atoms in total. The van der Waals surface area contributed by atoms with Crippen molar-refractivity contribution >= 4 is 10.9 Å². The van der Waals surface area contributed by atoms with E-state index in [4.69, 9.17) is 4.74 Å². The number of methoxy groups -OCH3 is 1. The maximum atomic E-state index is 9.59. The Kier molecular flexibility index (Phi) is 7.74. The minimum absolute atomic E-state index is 0.190. The second kappa shape index (κ2) is 10.5. The molecule has 0 aliphatic heterocycles. The maximum Gasteiger partial charge on any atom is 0.0618 e. The van der Waals surface area contributed by atoms with Gasteiger partial charge in [-0.1, -0.05) is 50.8 Å². The molecule has 3 aromatic rings. The number of aliphatic hydroxyl groups excluding tert-OH is 1. The highest BCUT2D eigenvalue weighted by Crippen LogP contribution is 2.35. The molecule has 0 spiro atoms. The van der Waals surface area contributed by atoms with Crippen molar-refractivity contribution in [3.8, 4) is 11.8 Å². The van der Waals surface area contributed by atoms with Gasteiger partial charge in [0.05, 0.1) is 12.1 Å². The fourth-order valence-electron chi connectivity index (χ4n) is 4.02. The third-order valence-corrected chi connectivity index (χ3v) is 5.79. The third-order valence-electron chi connectivity index (χ3n) is 5.79. The van der Waals surface area contributed by atoms with Gasteiger partial charge in [-0.3, -0.25) is 0 Å². The van der Waals surface area contributed by atoms with Crippen molar-refractivity contribution in [2.45, 2.75) is 51.9 Å². The number of benzene rings is 2. The number of aromatic amines is 1. The number of nitrogens with one attached hydrogen (secondary N) is 1. The molecule has 1 atom stereocenters. The van der Waals surface area contributed by atoms with Gasteiger partial charge in [-0.25, -0.2) is 0 Å². The number of hydrogen-bond donors (Lipinski definition) is 2. The molecular weight excluding hydrogens is 370 g/mol. The van der Waals surface area contributed by atoms with Crippen LogP contribution in [0.4, 0.5) is 0 Å². The Balaban J connectivity index is 2.22. The molecule has 3 heteroatoms. The van der Waals surface area contributed by atoms with Gasteiger partial charge in [-0.05, 0) is 60.6 Å². The Morgan fingerprint density at radius 2 is 1.87 bits per heavy atom. The van der Waals surface area contributed by atoms with Gasteiger partial charge in [-0.2, -0.15) is 0 Å². The van der Waals surface area contributed by atoms with E-state index in [2.05, 4.69) is 49.7 Å². The quantitative estimate of drug-likeness (QED) is 0.470. The monoisotopic (exact) mass is 403 g/mol. The smallest absolute Gasteiger partial charge is 0.0618 e. The van der Waals surface area contributed by atoms with Gasteiger partial charge in [0.15, 0.2) is 0 Å². The second-order valence-electron chi connectivity index (χ2n) is 8.14. The fraction of sp³-hybridized carbons (Fsp3) is 0.407. The number of aromatic nitrogens is 1. The van der Waals surface area contributed by atoms with Crippen LogP contribution >= 0.6 is 0 Å². The van der Waals surface area contributed by atoms with Crippen LogP contribution in [-0.2, 0) is 11.2 Å². The largest absolute Gasteiger partial charge is 0.396 e. The van der Waals surface area contributed by atoms with Crippen molar-refractivity contribution in [3.05, 3.63) is 70.4 Å². The summed E-state index contributed by atoms with van der Waals surface area (Å²) < 4.78 is 5.41. The van der Waals surface area contributed by atoms with Crippen LogP contribution in [0.1, 0.15) is 73.4 Å². The molecule has 2 aromatic carbocycles. The summed E-state index contributed by atoms with van der Waals surface area (Å²) in [7, 11) is 1.75. The molecule has 0 fully saturated rings. The average molecular weight is 404 g/mol. The van der Waals surface area contributed by atoms with Crippen molar-refractivity contribution in [1.82, 2.24) is 4.98 Å². The molecule has 30 heavy (non-hydrogen) atoms. The van der Waals surface area contributed by atoms with E-state index in [1.54, 1.807) is 7.11 Å². The van der Waals surface area contributed by atoms with Crippen molar-refractivity contribution in [3.63, 3.8) is 0 Å². The van der Waals surface area contributed by atoms with Gasteiger partial charge in [0.25, 0.3) is 0 Å². The molecule has 0 saturated carbocycles. The molecule has 158 valence electrons. The number of fused-ring (bicyclic) bond motifs is 1. The summed E-state index contributed by atoms with van der Waals surface area (Å²) >= 11 is 0. The van der Waals surface area contributed by atoms with Crippen LogP contribution in [-0.4, -0.2) is 30.4 Å². The van der Waals surface area contributed by atoms with E-state index < -0.39 is 0 Å². The highest BCUT2D eigenvalue weighted by atomic mass is 16.5. The number of rotatable bonds is 8. The van der Waals surface area contributed by atoms with Crippen molar-refractivity contribution in [1.29, 1.82) is 0 Å². The van der Waals surface area contributed by atoms with Crippen LogP contribution in [0.2, 0.25) is 0 Å². The van der Waals surface area contributed by atoms with E-state index in [-0.39, 0.29) is 6.61 Å². The Bertz CT molecular complexity index is 1020. The SMILES string of the molecule is CCC(CCO)c1[nH]c2c(C#Cc3ccccc3)cc(C(C)C)cc2c1CCOC. The summed E-state index contributed by atoms with van der Waals surface area (Å²) in [6.45, 7) is 7.49. The molecule has 0 amide bonds. The molecule has 1 aromatic heterocycles. The van der Waals surface area contributed by atoms with Crippen LogP contribution in [0.15, 0.2) is 42.5 Å². The molecular formula is C27H33NO2. The van der Waals surface area contributed by atoms with Crippen LogP contribution in [0.5, 0.6) is 0 Å². The Morgan fingerprint density at radius 3 is 2.50 bits per heavy atom. The summed E-state index contributed by atoms with van der Waals surface area (Å²) in [5.74, 6) is 7.46. The summed E-state index contributed by atoms with van der Waals surface area (Å²) in [5.41, 5.74) is 6.96. The first-order chi connectivity index (χ1) is 14.6. The maximum absolute atomic E-state index is 9.59. The third kappa shape index (κ3) is 4.95. The molecule has 1 heterocycles. The highest BCUT2D eigenvalue weighted by Gasteiger charge is 2.21. The molecule has 1 unspecified atom stereocenters. The average Bonchev–Trinajstić information content (AvgIpc) is 3.13. The van der Waals surface area contributed by atoms with Crippen molar-refractivity contribution in [2.24, 2.45) is 0 Å². The minimum atomic E-state index is 0.190. The van der Waals surface area contributed by atoms with E-state index in [0.717, 1.165) is 35.9 Å². The van der Waals surface area contributed by atoms with Crippen LogP contribution < -0.4 is 0 Å². The van der Waals surface area contributed by atoms with Crippen LogP contribution in [0.3, 0.4) is 0 Å². The summed E-state index contributed by atoms with van der Waals surface area (Å²) in [5, 5.41) is 10.8. The molecule has 0 saturated heterocycles. The second-order valence-corrected chi connectivity index (χ2v) is 8.14. The first kappa shape index (κ1) is 22.2. The first-order valence-corrected chi connectivity index (χ1v) is 10.9. The first-order valence-electron chi connectivity index (χ1n) is 10.9. The van der Waals surface area contributed by atoms with E-state index in [1.807, 2.05) is 30.3 Å². The zero-order valence-corrected chi connectivity index (χ0v) is 18.6. The molecule has 0 radical (unpaired) electrons. The van der Waals surface area contributed by atoms with Gasteiger partial charge in [-0.15, -0.1) is 0 Å². The molecule has 3 rings (SSSR count). The Hall–Kier alpha value is -2.54. The van der Waals surface area contributed by atoms with E-state index in [9.17, 15) is 5.11 Å². The van der Waals surface area contributed by atoms with Gasteiger partial charge in [0.2, 0.25) is 0 Å². The zero-order valence-electron chi connectivity index (χ0n) is 18.6. The lowest BCUT2D eigenvalue weighted by molar-refractivity contribution is 0.202. The van der Waals surface area contributed by atoms with E-state index in [1.165, 1.54) is 22.2 Å². The predicted octanol–water partition coefficient (Wildman–Crippen LogP) is 5.76. The van der Waals surface area contributed by atoms with Crippen LogP contribution in [0, 0.1) is 11.8 Å². The van der Waals surface area contributed by atoms with Gasteiger partial charge >= 0.3 is 0 Å². The van der Waals surface area contributed by atoms with E-state index in [0.29, 0.717) is 18.4 Å². The Morgan fingerprint density at radius 1 is 1.10 bits per heavy atom. The summed E-state index contributed by atoms with van der Waals surface area (Å²) in [6, 6.07) is 14.6. The molecule has 0 bridgehead atoms. The number of ether oxygens (including phenoxy) is 1. The highest BCUT2D eigenvalue weighted by molar-refractivity contribution is 5.90. The normalized spacial score (nSPS) is 12.2. The molecule has 0 aliphatic rings. The summed E-state index contributed by atoms with van der Waals surface area (Å²) in [4.78, 5) is 3.71. The zero-order chi connectivity index (χ0) is 21.5. The van der Waals surface area contributed by atoms with Gasteiger partial charge < -0.3 is 14.8 Å². The van der Waals surface area contributed by atoms with E-state index >= 15 is 0 Å². The van der Waals surface area contributed by atoms with Crippen molar-refractivity contribution in [2.75, 3.05) is 20.3 Å². The lowest BCUT2D eigenvalue weighted by Gasteiger charge is -2.15. The van der Waals surface area contributed by atoms with Crippen molar-refractivity contribution < 1.29 is 9.84 Å². The topological polar surface area (TPSA) is 45.2 Å². The molecule has 2 N–H and O–H groups in total. The van der Waals surface area contributed by atoms with Crippen LogP contribution in [0.25, 0.3) is 10.9 Å². The molecule has 0 aliphatic carbocycles. The number of aliphatic hydroxyl groups is 1. The standard InChI is InChI=1S/C27H33NO2/c1-5-21(13-15-29)26-24(14-16-30-4)25-18-23(19(2)3)17-22(27(25)28-26)12-11-20-9-7-6-8-10-20/h6-10,17-19,21,28-29H,5,13-16H2,1-4H3. The van der Waals surface area contributed by atoms with Gasteiger partial charge in [0.1, 0.15) is 0 Å². The fourth-order valence-corrected chi connectivity index (χ4v) is 4.02. The number of hydrogen-bond acceptors (Lipinski definition) is 2. The lowest BCUT2D eigenvalue weighted by Crippen LogP contribution is -2.05. The lowest BCUT2D eigenvalue weighted by atomic mass is 9.92. The van der Waals surface area contributed by atoms with Gasteiger partial charge in [0, 0.05) is 41.8 Å². The number of H-pyrrole nitrogens is 1. The Labute approximate surface area is 180 Å². The summed E-state index contributed by atoms with van der Waals surface area (Å²) in [6.07, 6.45) is 2.58. The minimum Gasteiger partial charge on any atom is -0.396 e. The predicted molar refractivity (Wildman–Crippen MR) is 125 cm³/mol.